The number of carbonyl (C=O) groups is 1. The van der Waals surface area contributed by atoms with E-state index in [1.165, 1.54) is 0 Å². The average molecular weight is 802 g/mol. The number of anilines is 2. The number of carbonyl (C=O) groups excluding carboxylic acids is 1. The van der Waals surface area contributed by atoms with Crippen LogP contribution >= 0.6 is 15.9 Å². The summed E-state index contributed by atoms with van der Waals surface area (Å²) in [5.74, 6) is 0.827. The second-order valence-electron chi connectivity index (χ2n) is 15.4. The van der Waals surface area contributed by atoms with E-state index in [-0.39, 0.29) is 34.1 Å². The molecule has 13 nitrogen and oxygen atoms in total. The van der Waals surface area contributed by atoms with Crippen molar-refractivity contribution in [3.8, 4) is 22.6 Å². The molecule has 14 heteroatoms. The van der Waals surface area contributed by atoms with Gasteiger partial charge in [0.15, 0.2) is 0 Å². The van der Waals surface area contributed by atoms with Crippen LogP contribution in [0.2, 0.25) is 0 Å². The summed E-state index contributed by atoms with van der Waals surface area (Å²) in [6.07, 6.45) is 6.64. The molecule has 0 fully saturated rings. The predicted molar refractivity (Wildman–Crippen MR) is 220 cm³/mol. The molecule has 7 aromatic rings. The summed E-state index contributed by atoms with van der Waals surface area (Å²) in [7, 11) is 0. The van der Waals surface area contributed by atoms with Crippen molar-refractivity contribution in [2.45, 2.75) is 65.6 Å². The van der Waals surface area contributed by atoms with E-state index in [1.54, 1.807) is 58.2 Å². The Labute approximate surface area is 325 Å². The van der Waals surface area contributed by atoms with Gasteiger partial charge in [-0.05, 0) is 113 Å². The van der Waals surface area contributed by atoms with Crippen LogP contribution in [0.15, 0.2) is 106 Å². The number of benzene rings is 2. The number of fused-ring (bicyclic) bond motifs is 3. The van der Waals surface area contributed by atoms with Crippen LogP contribution in [0.4, 0.5) is 11.9 Å². The number of hydrogen-bond donors (Lipinski definition) is 4. The molecule has 8 rings (SSSR count). The van der Waals surface area contributed by atoms with Crippen molar-refractivity contribution in [3.63, 3.8) is 0 Å². The van der Waals surface area contributed by atoms with E-state index in [9.17, 15) is 14.4 Å². The molecular formula is C41H41BrN10O3. The molecule has 1 atom stereocenters. The van der Waals surface area contributed by atoms with E-state index in [0.717, 1.165) is 21.4 Å². The lowest BCUT2D eigenvalue weighted by atomic mass is 10.1. The normalized spacial score (nSPS) is 14.0. The van der Waals surface area contributed by atoms with Gasteiger partial charge < -0.3 is 20.9 Å². The summed E-state index contributed by atoms with van der Waals surface area (Å²) >= 11 is 3.47. The molecule has 0 saturated carbocycles. The summed E-state index contributed by atoms with van der Waals surface area (Å²) in [5, 5.41) is 10.6. The molecule has 2 aromatic carbocycles. The molecule has 6 heterocycles. The van der Waals surface area contributed by atoms with Gasteiger partial charge in [0.1, 0.15) is 0 Å². The molecule has 1 amide bonds. The monoisotopic (exact) mass is 800 g/mol. The largest absolute Gasteiger partial charge is 0.356 e. The molecule has 5 aromatic heterocycles. The van der Waals surface area contributed by atoms with Crippen LogP contribution in [0, 0.1) is 0 Å². The third kappa shape index (κ3) is 7.49. The fraction of sp³-hybridized carbons (Fsp3) is 0.244. The number of rotatable bonds is 5. The number of para-hydroxylation sites is 2. The van der Waals surface area contributed by atoms with Crippen molar-refractivity contribution < 1.29 is 4.79 Å². The van der Waals surface area contributed by atoms with Gasteiger partial charge in [-0.15, -0.1) is 0 Å². The van der Waals surface area contributed by atoms with E-state index >= 15 is 0 Å². The first-order valence-electron chi connectivity index (χ1n) is 17.8. The van der Waals surface area contributed by atoms with Gasteiger partial charge in [0.2, 0.25) is 11.9 Å². The molecule has 280 valence electrons. The van der Waals surface area contributed by atoms with Crippen molar-refractivity contribution in [2.24, 2.45) is 0 Å². The van der Waals surface area contributed by atoms with E-state index in [0.29, 0.717) is 50.6 Å². The van der Waals surface area contributed by atoms with Gasteiger partial charge >= 0.3 is 0 Å². The maximum Gasteiger partial charge on any atom is 0.267 e. The van der Waals surface area contributed by atoms with Crippen LogP contribution in [0.1, 0.15) is 70.6 Å². The number of nitrogens with zero attached hydrogens (tertiary/aromatic N) is 6. The van der Waals surface area contributed by atoms with Crippen molar-refractivity contribution in [1.29, 1.82) is 0 Å². The van der Waals surface area contributed by atoms with E-state index < -0.39 is 0 Å². The summed E-state index contributed by atoms with van der Waals surface area (Å²) in [6.45, 7) is 14.0. The summed E-state index contributed by atoms with van der Waals surface area (Å²) in [4.78, 5) is 60.1. The topological polar surface area (TPSA) is 165 Å². The van der Waals surface area contributed by atoms with Crippen molar-refractivity contribution in [3.05, 3.63) is 128 Å². The number of aromatic nitrogens is 7. The lowest BCUT2D eigenvalue weighted by Crippen LogP contribution is -2.32. The minimum Gasteiger partial charge on any atom is -0.356 e. The zero-order valence-corrected chi connectivity index (χ0v) is 33.1. The van der Waals surface area contributed by atoms with Crippen LogP contribution in [-0.2, 0) is 0 Å². The first-order valence-corrected chi connectivity index (χ1v) is 18.6. The van der Waals surface area contributed by atoms with Gasteiger partial charge in [-0.25, -0.2) is 19.1 Å². The minimum absolute atomic E-state index is 0.0879. The Morgan fingerprint density at radius 1 is 0.691 bits per heavy atom. The van der Waals surface area contributed by atoms with Crippen LogP contribution < -0.4 is 27.1 Å². The number of aromatic amines is 1. The Morgan fingerprint density at radius 2 is 1.22 bits per heavy atom. The number of halogens is 1. The van der Waals surface area contributed by atoms with Gasteiger partial charge in [0.05, 0.1) is 62.9 Å². The molecular weight excluding hydrogens is 760 g/mol. The number of hydrogen-bond acceptors (Lipinski definition) is 9. The van der Waals surface area contributed by atoms with Crippen LogP contribution in [0.3, 0.4) is 0 Å². The highest BCUT2D eigenvalue weighted by Gasteiger charge is 2.29. The highest BCUT2D eigenvalue weighted by Crippen LogP contribution is 2.33. The van der Waals surface area contributed by atoms with Gasteiger partial charge in [-0.1, -0.05) is 18.2 Å². The lowest BCUT2D eigenvalue weighted by Gasteiger charge is -2.24. The Morgan fingerprint density at radius 3 is 1.73 bits per heavy atom. The average Bonchev–Trinajstić information content (AvgIpc) is 3.68. The van der Waals surface area contributed by atoms with Gasteiger partial charge in [0.25, 0.3) is 17.0 Å². The van der Waals surface area contributed by atoms with Crippen LogP contribution in [0.5, 0.6) is 0 Å². The SMILES string of the molecule is CC(C)(C)Nc1nc2c(Br)cccc2c(=O)n1-c1cccnc1.C[C@H]1NC(=O)c2cc(-c3cccc4c(=O)n(-c5cccnc5)c(NC(C)(C)C)nc34)[nH]c21. The Balaban J connectivity index is 0.000000179. The molecule has 0 spiro atoms. The van der Waals surface area contributed by atoms with E-state index in [4.69, 9.17) is 4.98 Å². The fourth-order valence-corrected chi connectivity index (χ4v) is 6.84. The number of pyridine rings is 2. The quantitative estimate of drug-likeness (QED) is 0.138. The highest BCUT2D eigenvalue weighted by atomic mass is 79.9. The molecule has 0 radical (unpaired) electrons. The van der Waals surface area contributed by atoms with Crippen molar-refractivity contribution in [2.75, 3.05) is 10.6 Å². The summed E-state index contributed by atoms with van der Waals surface area (Å²) < 4.78 is 3.91. The first-order chi connectivity index (χ1) is 26.1. The zero-order valence-electron chi connectivity index (χ0n) is 31.5. The third-order valence-corrected chi connectivity index (χ3v) is 9.33. The standard InChI is InChI=1S/C24H24N6O2.C17H17BrN4O/c1-13-19-17(21(31)26-13)11-18(27-19)15-8-5-9-16-20(15)28-23(29-24(2,3)4)30(22(16)32)14-7-6-10-25-12-14;1-17(2,3)21-16-20-14-12(7-4-8-13(14)18)15(23)22(16)11-6-5-9-19-10-11/h5-13,27H,1-4H3,(H,26,31)(H,28,29);4-10H,1-3H3,(H,20,21)/t13-;/m1./s1. The minimum atomic E-state index is -0.326. The molecule has 0 saturated heterocycles. The first kappa shape index (κ1) is 37.2. The molecule has 0 bridgehead atoms. The lowest BCUT2D eigenvalue weighted by molar-refractivity contribution is 0.0958. The molecule has 55 heavy (non-hydrogen) atoms. The number of H-pyrrole nitrogens is 1. The predicted octanol–water partition coefficient (Wildman–Crippen LogP) is 7.54. The Hall–Kier alpha value is -6.15. The fourth-order valence-electron chi connectivity index (χ4n) is 6.38. The maximum atomic E-state index is 13.6. The number of amides is 1. The highest BCUT2D eigenvalue weighted by molar-refractivity contribution is 9.10. The van der Waals surface area contributed by atoms with Gasteiger partial charge in [0, 0.05) is 39.2 Å². The Bertz CT molecular complexity index is 2690. The molecule has 1 aliphatic rings. The van der Waals surface area contributed by atoms with Crippen LogP contribution in [-0.4, -0.2) is 51.0 Å². The second kappa shape index (κ2) is 14.3. The van der Waals surface area contributed by atoms with Gasteiger partial charge in [-0.2, -0.15) is 0 Å². The Kier molecular flexibility index (Phi) is 9.63. The van der Waals surface area contributed by atoms with Crippen molar-refractivity contribution >= 4 is 55.5 Å². The zero-order chi connectivity index (χ0) is 39.2. The van der Waals surface area contributed by atoms with E-state index in [2.05, 4.69) is 51.8 Å². The van der Waals surface area contributed by atoms with E-state index in [1.807, 2.05) is 90.9 Å². The summed E-state index contributed by atoms with van der Waals surface area (Å²) in [6, 6.07) is 20.0. The molecule has 0 aliphatic carbocycles. The summed E-state index contributed by atoms with van der Waals surface area (Å²) in [5.41, 5.74) is 4.64. The van der Waals surface area contributed by atoms with Crippen molar-refractivity contribution in [1.82, 2.24) is 39.4 Å². The molecule has 4 N–H and O–H groups in total. The maximum absolute atomic E-state index is 13.6. The smallest absolute Gasteiger partial charge is 0.267 e. The third-order valence-electron chi connectivity index (χ3n) is 8.69. The van der Waals surface area contributed by atoms with Crippen LogP contribution in [0.25, 0.3) is 44.4 Å². The molecule has 1 aliphatic heterocycles. The molecule has 0 unspecified atom stereocenters. The van der Waals surface area contributed by atoms with Gasteiger partial charge in [-0.3, -0.25) is 24.4 Å². The number of nitrogens with one attached hydrogen (secondary N) is 4. The second-order valence-corrected chi connectivity index (χ2v) is 16.2.